The molecule has 0 aliphatic rings. The number of phenolic OH excluding ortho intramolecular Hbond substituents is 1. The summed E-state index contributed by atoms with van der Waals surface area (Å²) in [7, 11) is 0. The van der Waals surface area contributed by atoms with Crippen molar-refractivity contribution in [1.29, 1.82) is 0 Å². The summed E-state index contributed by atoms with van der Waals surface area (Å²) in [6, 6.07) is 3.59. The van der Waals surface area contributed by atoms with Crippen LogP contribution in [0.15, 0.2) is 16.6 Å². The van der Waals surface area contributed by atoms with Crippen molar-refractivity contribution in [3.05, 3.63) is 28.0 Å². The molecule has 1 aromatic rings. The minimum absolute atomic E-state index is 0.296. The van der Waals surface area contributed by atoms with Crippen molar-refractivity contribution >= 4 is 15.9 Å². The van der Waals surface area contributed by atoms with Crippen molar-refractivity contribution in [3.63, 3.8) is 0 Å². The van der Waals surface area contributed by atoms with E-state index in [9.17, 15) is 9.50 Å². The maximum absolute atomic E-state index is 13.1. The molecular weight excluding hydrogens is 285 g/mol. The second-order valence-electron chi connectivity index (χ2n) is 4.75. The number of benzene rings is 1. The van der Waals surface area contributed by atoms with Gasteiger partial charge in [0.25, 0.3) is 0 Å². The molecule has 0 amide bonds. The van der Waals surface area contributed by atoms with E-state index < -0.39 is 5.82 Å². The summed E-state index contributed by atoms with van der Waals surface area (Å²) in [5.74, 6) is -0.892. The predicted molar refractivity (Wildman–Crippen MR) is 71.6 cm³/mol. The molecule has 4 heteroatoms. The van der Waals surface area contributed by atoms with Crippen LogP contribution in [0.2, 0.25) is 0 Å². The lowest BCUT2D eigenvalue weighted by Crippen LogP contribution is -2.36. The van der Waals surface area contributed by atoms with E-state index in [0.717, 1.165) is 5.56 Å². The molecule has 0 unspecified atom stereocenters. The minimum Gasteiger partial charge on any atom is -0.505 e. The van der Waals surface area contributed by atoms with Crippen LogP contribution in [-0.4, -0.2) is 22.1 Å². The topological polar surface area (TPSA) is 23.5 Å². The third kappa shape index (κ3) is 3.68. The molecule has 1 rings (SSSR count). The second kappa shape index (κ2) is 5.83. The Balaban J connectivity index is 2.97. The van der Waals surface area contributed by atoms with Gasteiger partial charge in [0.05, 0.1) is 0 Å². The first-order valence-corrected chi connectivity index (χ1v) is 6.54. The van der Waals surface area contributed by atoms with Crippen molar-refractivity contribution in [2.45, 2.75) is 46.3 Å². The van der Waals surface area contributed by atoms with Gasteiger partial charge in [0.1, 0.15) is 0 Å². The molecule has 0 aromatic heterocycles. The number of rotatable bonds is 4. The Labute approximate surface area is 111 Å². The Bertz CT molecular complexity index is 385. The average Bonchev–Trinajstić information content (AvgIpc) is 2.20. The van der Waals surface area contributed by atoms with Gasteiger partial charge in [0.2, 0.25) is 0 Å². The predicted octanol–water partition coefficient (Wildman–Crippen LogP) is 3.91. The van der Waals surface area contributed by atoms with Gasteiger partial charge >= 0.3 is 0 Å². The van der Waals surface area contributed by atoms with Crippen LogP contribution < -0.4 is 0 Å². The van der Waals surface area contributed by atoms with Crippen molar-refractivity contribution in [1.82, 2.24) is 4.90 Å². The largest absolute Gasteiger partial charge is 0.505 e. The highest BCUT2D eigenvalue weighted by molar-refractivity contribution is 9.10. The van der Waals surface area contributed by atoms with E-state index in [0.29, 0.717) is 23.1 Å². The molecule has 0 fully saturated rings. The molecule has 0 radical (unpaired) electrons. The Morgan fingerprint density at radius 1 is 1.24 bits per heavy atom. The zero-order chi connectivity index (χ0) is 13.2. The molecule has 0 heterocycles. The van der Waals surface area contributed by atoms with Crippen molar-refractivity contribution in [2.75, 3.05) is 0 Å². The molecule has 2 nitrogen and oxygen atoms in total. The fourth-order valence-corrected chi connectivity index (χ4v) is 2.30. The maximum atomic E-state index is 13.1. The van der Waals surface area contributed by atoms with Gasteiger partial charge in [-0.05, 0) is 45.4 Å². The lowest BCUT2D eigenvalue weighted by atomic mass is 10.1. The van der Waals surface area contributed by atoms with Crippen LogP contribution in [0.1, 0.15) is 33.3 Å². The number of phenols is 1. The van der Waals surface area contributed by atoms with E-state index in [-0.39, 0.29) is 5.75 Å². The van der Waals surface area contributed by atoms with E-state index in [4.69, 9.17) is 0 Å². The Hall–Kier alpha value is -0.610. The second-order valence-corrected chi connectivity index (χ2v) is 5.61. The number of hydrogen-bond acceptors (Lipinski definition) is 2. The standard InChI is InChI=1S/C13H19BrFNO/c1-8(2)16(9(3)4)7-10-5-13(17)12(15)6-11(10)14/h5-6,8-9,17H,7H2,1-4H3. The van der Waals surface area contributed by atoms with Gasteiger partial charge in [-0.25, -0.2) is 4.39 Å². The molecule has 0 spiro atoms. The molecular formula is C13H19BrFNO. The Kier molecular flexibility index (Phi) is 4.95. The quantitative estimate of drug-likeness (QED) is 0.911. The highest BCUT2D eigenvalue weighted by Crippen LogP contribution is 2.27. The molecule has 0 bridgehead atoms. The summed E-state index contributed by atoms with van der Waals surface area (Å²) in [6.07, 6.45) is 0. The van der Waals surface area contributed by atoms with E-state index in [1.165, 1.54) is 12.1 Å². The van der Waals surface area contributed by atoms with Crippen LogP contribution in [0.25, 0.3) is 0 Å². The highest BCUT2D eigenvalue weighted by atomic mass is 79.9. The van der Waals surface area contributed by atoms with Gasteiger partial charge in [-0.2, -0.15) is 0 Å². The minimum atomic E-state index is -0.596. The van der Waals surface area contributed by atoms with Crippen molar-refractivity contribution in [2.24, 2.45) is 0 Å². The van der Waals surface area contributed by atoms with Crippen LogP contribution in [0.3, 0.4) is 0 Å². The normalized spacial score (nSPS) is 11.8. The van der Waals surface area contributed by atoms with E-state index >= 15 is 0 Å². The van der Waals surface area contributed by atoms with Gasteiger partial charge in [-0.3, -0.25) is 4.90 Å². The van der Waals surface area contributed by atoms with Gasteiger partial charge in [-0.1, -0.05) is 15.9 Å². The number of hydrogen-bond donors (Lipinski definition) is 1. The van der Waals surface area contributed by atoms with E-state index in [1.807, 2.05) is 0 Å². The Morgan fingerprint density at radius 2 is 1.76 bits per heavy atom. The first-order valence-electron chi connectivity index (χ1n) is 5.75. The summed E-state index contributed by atoms with van der Waals surface area (Å²) >= 11 is 3.33. The number of aromatic hydroxyl groups is 1. The molecule has 1 N–H and O–H groups in total. The van der Waals surface area contributed by atoms with Crippen LogP contribution in [-0.2, 0) is 6.54 Å². The van der Waals surface area contributed by atoms with Gasteiger partial charge < -0.3 is 5.11 Å². The molecule has 0 atom stereocenters. The summed E-state index contributed by atoms with van der Waals surface area (Å²) in [4.78, 5) is 2.28. The summed E-state index contributed by atoms with van der Waals surface area (Å²) in [6.45, 7) is 9.17. The highest BCUT2D eigenvalue weighted by Gasteiger charge is 2.16. The third-order valence-electron chi connectivity index (χ3n) is 2.80. The zero-order valence-electron chi connectivity index (χ0n) is 10.7. The van der Waals surface area contributed by atoms with Crippen LogP contribution in [0.4, 0.5) is 4.39 Å². The summed E-state index contributed by atoms with van der Waals surface area (Å²) < 4.78 is 13.8. The monoisotopic (exact) mass is 303 g/mol. The Morgan fingerprint density at radius 3 is 2.24 bits per heavy atom. The van der Waals surface area contributed by atoms with E-state index in [2.05, 4.69) is 48.5 Å². The van der Waals surface area contributed by atoms with Crippen LogP contribution in [0, 0.1) is 5.82 Å². The molecule has 0 aliphatic heterocycles. The van der Waals surface area contributed by atoms with Gasteiger partial charge in [0, 0.05) is 23.1 Å². The molecule has 17 heavy (non-hydrogen) atoms. The molecule has 1 aromatic carbocycles. The van der Waals surface area contributed by atoms with Crippen molar-refractivity contribution < 1.29 is 9.50 Å². The SMILES string of the molecule is CC(C)N(Cc1cc(O)c(F)cc1Br)C(C)C. The summed E-state index contributed by atoms with van der Waals surface area (Å²) in [5, 5.41) is 9.40. The molecule has 96 valence electrons. The fraction of sp³-hybridized carbons (Fsp3) is 0.538. The number of nitrogens with zero attached hydrogens (tertiary/aromatic N) is 1. The number of halogens is 2. The zero-order valence-corrected chi connectivity index (χ0v) is 12.3. The molecule has 0 saturated heterocycles. The first kappa shape index (κ1) is 14.5. The fourth-order valence-electron chi connectivity index (χ4n) is 1.86. The maximum Gasteiger partial charge on any atom is 0.165 e. The summed E-state index contributed by atoms with van der Waals surface area (Å²) in [5.41, 5.74) is 0.895. The first-order chi connectivity index (χ1) is 7.82. The van der Waals surface area contributed by atoms with Crippen molar-refractivity contribution in [3.8, 4) is 5.75 Å². The molecule has 0 saturated carbocycles. The average molecular weight is 304 g/mol. The van der Waals surface area contributed by atoms with E-state index in [1.54, 1.807) is 0 Å². The smallest absolute Gasteiger partial charge is 0.165 e. The third-order valence-corrected chi connectivity index (χ3v) is 3.53. The lowest BCUT2D eigenvalue weighted by Gasteiger charge is -2.30. The molecule has 0 aliphatic carbocycles. The van der Waals surface area contributed by atoms with Crippen LogP contribution >= 0.6 is 15.9 Å². The van der Waals surface area contributed by atoms with Gasteiger partial charge in [-0.15, -0.1) is 0 Å². The van der Waals surface area contributed by atoms with Gasteiger partial charge in [0.15, 0.2) is 11.6 Å². The lowest BCUT2D eigenvalue weighted by molar-refractivity contribution is 0.165. The van der Waals surface area contributed by atoms with Crippen LogP contribution in [0.5, 0.6) is 5.75 Å².